The number of amides is 1. The van der Waals surface area contributed by atoms with Gasteiger partial charge < -0.3 is 56.5 Å². The first kappa shape index (κ1) is 41.1. The van der Waals surface area contributed by atoms with E-state index in [0.717, 1.165) is 27.8 Å². The molecule has 0 radical (unpaired) electrons. The van der Waals surface area contributed by atoms with Gasteiger partial charge in [0, 0.05) is 44.7 Å². The van der Waals surface area contributed by atoms with Gasteiger partial charge in [0.05, 0.1) is 66.1 Å². The average Bonchev–Trinajstić information content (AvgIpc) is 3.15. The van der Waals surface area contributed by atoms with E-state index in [1.165, 1.54) is 0 Å². The molecule has 3 aromatic rings. The van der Waals surface area contributed by atoms with Crippen molar-refractivity contribution in [1.29, 1.82) is 0 Å². The van der Waals surface area contributed by atoms with Gasteiger partial charge in [-0.15, -0.1) is 0 Å². The molecule has 0 aliphatic rings. The molecule has 0 saturated heterocycles. The van der Waals surface area contributed by atoms with Gasteiger partial charge in [0.2, 0.25) is 0 Å². The quantitative estimate of drug-likeness (QED) is 0.0776. The second-order valence-corrected chi connectivity index (χ2v) is 13.8. The van der Waals surface area contributed by atoms with Gasteiger partial charge >= 0.3 is 14.9 Å². The van der Waals surface area contributed by atoms with Gasteiger partial charge in [-0.25, -0.2) is 4.79 Å². The van der Waals surface area contributed by atoms with Crippen LogP contribution in [0.1, 0.15) is 12.0 Å². The van der Waals surface area contributed by atoms with Crippen molar-refractivity contribution < 1.29 is 56.0 Å². The summed E-state index contributed by atoms with van der Waals surface area (Å²) in [5, 5.41) is 4.60. The van der Waals surface area contributed by atoms with Crippen LogP contribution in [0.5, 0.6) is 11.5 Å². The summed E-state index contributed by atoms with van der Waals surface area (Å²) in [6, 6.07) is 22.4. The van der Waals surface area contributed by atoms with Crippen LogP contribution in [0.4, 0.5) is 4.79 Å². The molecule has 14 heteroatoms. The molecule has 1 amide bonds. The Hall–Kier alpha value is -3.31. The highest BCUT2D eigenvalue weighted by Gasteiger charge is 2.36. The monoisotopic (exact) mass is 719 g/mol. The molecular formula is C36H53NO12Si. The van der Waals surface area contributed by atoms with E-state index >= 15 is 0 Å². The fourth-order valence-corrected chi connectivity index (χ4v) is 6.47. The highest BCUT2D eigenvalue weighted by atomic mass is 28.4. The topological polar surface area (TPSA) is 131 Å². The van der Waals surface area contributed by atoms with E-state index in [1.807, 2.05) is 66.7 Å². The van der Waals surface area contributed by atoms with Crippen molar-refractivity contribution >= 4 is 25.7 Å². The number of nitrogens with one attached hydrogen (secondary N) is 1. The van der Waals surface area contributed by atoms with Crippen LogP contribution in [0.15, 0.2) is 66.7 Å². The molecule has 0 bridgehead atoms. The third-order valence-electron chi connectivity index (χ3n) is 7.36. The number of benzene rings is 3. The van der Waals surface area contributed by atoms with Crippen LogP contribution in [0, 0.1) is 0 Å². The minimum atomic E-state index is -2.64. The molecule has 1 N–H and O–H groups in total. The minimum Gasteiger partial charge on any atom is -0.491 e. The summed E-state index contributed by atoms with van der Waals surface area (Å²) in [5.74, 6) is 1.52. The third kappa shape index (κ3) is 16.1. The smallest absolute Gasteiger partial charge is 0.491 e. The summed E-state index contributed by atoms with van der Waals surface area (Å²) in [7, 11) is 2.04. The van der Waals surface area contributed by atoms with Crippen LogP contribution in [-0.2, 0) is 48.3 Å². The fourth-order valence-electron chi connectivity index (χ4n) is 4.75. The zero-order valence-electron chi connectivity index (χ0n) is 29.6. The molecule has 3 aromatic carbocycles. The molecule has 0 saturated carbocycles. The summed E-state index contributed by atoms with van der Waals surface area (Å²) in [4.78, 5) is 11.8. The van der Waals surface area contributed by atoms with Crippen molar-refractivity contribution in [2.45, 2.75) is 19.1 Å². The van der Waals surface area contributed by atoms with E-state index in [9.17, 15) is 4.79 Å². The molecular weight excluding hydrogens is 666 g/mol. The Morgan fingerprint density at radius 3 is 1.56 bits per heavy atom. The van der Waals surface area contributed by atoms with E-state index in [-0.39, 0.29) is 13.2 Å². The molecule has 0 heterocycles. The van der Waals surface area contributed by atoms with Crippen molar-refractivity contribution in [1.82, 2.24) is 5.32 Å². The number of ether oxygens (including phenoxy) is 8. The first-order valence-electron chi connectivity index (χ1n) is 16.9. The van der Waals surface area contributed by atoms with Crippen LogP contribution in [0.3, 0.4) is 0 Å². The number of hydrogen-bond acceptors (Lipinski definition) is 12. The Bertz CT molecular complexity index is 1310. The Morgan fingerprint density at radius 1 is 0.560 bits per heavy atom. The Kier molecular flexibility index (Phi) is 21.1. The Labute approximate surface area is 296 Å². The number of carbonyl (C=O) groups excluding carboxylic acids is 1. The van der Waals surface area contributed by atoms with E-state index in [2.05, 4.69) is 5.32 Å². The summed E-state index contributed by atoms with van der Waals surface area (Å²) >= 11 is 0. The Balaban J connectivity index is 1.17. The van der Waals surface area contributed by atoms with Crippen LogP contribution < -0.4 is 14.8 Å². The largest absolute Gasteiger partial charge is 0.500 e. The van der Waals surface area contributed by atoms with E-state index in [4.69, 9.17) is 51.2 Å². The van der Waals surface area contributed by atoms with E-state index in [0.29, 0.717) is 91.7 Å². The highest BCUT2D eigenvalue weighted by molar-refractivity contribution is 6.60. The van der Waals surface area contributed by atoms with Gasteiger partial charge in [0.25, 0.3) is 0 Å². The molecule has 0 spiro atoms. The SMILES string of the molecule is CO[Si](CCCNC(=O)OCCOCCOCCOc1cccc2c(OCCOCCOCCOCc3ccccc3)cccc12)(OC)OC. The summed E-state index contributed by atoms with van der Waals surface area (Å²) in [6.45, 7) is 5.89. The van der Waals surface area contributed by atoms with Crippen LogP contribution in [0.2, 0.25) is 6.04 Å². The molecule has 0 aromatic heterocycles. The molecule has 278 valence electrons. The van der Waals surface area contributed by atoms with Gasteiger partial charge in [0.1, 0.15) is 31.3 Å². The van der Waals surface area contributed by atoms with Crippen molar-refractivity contribution in [3.63, 3.8) is 0 Å². The van der Waals surface area contributed by atoms with Crippen LogP contribution in [0.25, 0.3) is 10.8 Å². The molecule has 0 atom stereocenters. The zero-order chi connectivity index (χ0) is 35.5. The first-order chi connectivity index (χ1) is 24.6. The molecule has 3 rings (SSSR count). The fraction of sp³-hybridized carbons (Fsp3) is 0.528. The number of hydrogen-bond donors (Lipinski definition) is 1. The number of alkyl carbamates (subject to hydrolysis) is 1. The molecule has 0 aliphatic carbocycles. The highest BCUT2D eigenvalue weighted by Crippen LogP contribution is 2.32. The van der Waals surface area contributed by atoms with Crippen LogP contribution >= 0.6 is 0 Å². The molecule has 0 unspecified atom stereocenters. The van der Waals surface area contributed by atoms with E-state index < -0.39 is 14.9 Å². The molecule has 13 nitrogen and oxygen atoms in total. The Morgan fingerprint density at radius 2 is 1.04 bits per heavy atom. The maximum atomic E-state index is 11.8. The lowest BCUT2D eigenvalue weighted by Gasteiger charge is -2.24. The maximum absolute atomic E-state index is 11.8. The minimum absolute atomic E-state index is 0.142. The normalized spacial score (nSPS) is 11.5. The predicted molar refractivity (Wildman–Crippen MR) is 190 cm³/mol. The van der Waals surface area contributed by atoms with Crippen molar-refractivity contribution in [2.75, 3.05) is 107 Å². The first-order valence-corrected chi connectivity index (χ1v) is 18.8. The lowest BCUT2D eigenvalue weighted by Crippen LogP contribution is -2.43. The average molecular weight is 720 g/mol. The van der Waals surface area contributed by atoms with Crippen molar-refractivity contribution in [3.05, 3.63) is 72.3 Å². The molecule has 0 fully saturated rings. The van der Waals surface area contributed by atoms with Crippen LogP contribution in [-0.4, -0.2) is 122 Å². The molecule has 50 heavy (non-hydrogen) atoms. The second kappa shape index (κ2) is 25.6. The van der Waals surface area contributed by atoms with E-state index in [1.54, 1.807) is 21.3 Å². The second-order valence-electron chi connectivity index (χ2n) is 10.8. The maximum Gasteiger partial charge on any atom is 0.500 e. The van der Waals surface area contributed by atoms with Crippen molar-refractivity contribution in [2.24, 2.45) is 0 Å². The number of carbonyl (C=O) groups is 1. The summed E-state index contributed by atoms with van der Waals surface area (Å²) in [6.07, 6.45) is 0.142. The van der Waals surface area contributed by atoms with Gasteiger partial charge in [-0.3, -0.25) is 0 Å². The number of rotatable bonds is 29. The predicted octanol–water partition coefficient (Wildman–Crippen LogP) is 4.88. The van der Waals surface area contributed by atoms with Gasteiger partial charge in [-0.2, -0.15) is 0 Å². The number of fused-ring (bicyclic) bond motifs is 1. The van der Waals surface area contributed by atoms with Gasteiger partial charge in [0.15, 0.2) is 0 Å². The van der Waals surface area contributed by atoms with Crippen molar-refractivity contribution in [3.8, 4) is 11.5 Å². The van der Waals surface area contributed by atoms with Gasteiger partial charge in [-0.1, -0.05) is 54.6 Å². The molecule has 0 aliphatic heterocycles. The summed E-state index contributed by atoms with van der Waals surface area (Å²) in [5.41, 5.74) is 1.15. The van der Waals surface area contributed by atoms with Gasteiger partial charge in [-0.05, 0) is 24.1 Å². The third-order valence-corrected chi connectivity index (χ3v) is 10.2. The lowest BCUT2D eigenvalue weighted by atomic mass is 10.1. The zero-order valence-corrected chi connectivity index (χ0v) is 30.6. The summed E-state index contributed by atoms with van der Waals surface area (Å²) < 4.78 is 61.1. The standard InChI is InChI=1S/C36H53NO12Si/c1-39-50(40-2,41-3)29-9-16-37-36(38)49-28-25-45-20-19-44-24-27-48-35-15-8-12-32-33(35)13-7-14-34(32)47-26-23-43-18-17-42-21-22-46-30-31-10-5-4-6-11-31/h4-8,10-15H,9,16-30H2,1-3H3,(H,37,38). The lowest BCUT2D eigenvalue weighted by molar-refractivity contribution is 0.00604.